The summed E-state index contributed by atoms with van der Waals surface area (Å²) < 4.78 is 49.1. The van der Waals surface area contributed by atoms with Gasteiger partial charge in [-0.1, -0.05) is 17.3 Å². The first kappa shape index (κ1) is 22.6. The Labute approximate surface area is 178 Å². The van der Waals surface area contributed by atoms with Crippen LogP contribution in [0.4, 0.5) is 13.2 Å². The van der Waals surface area contributed by atoms with Gasteiger partial charge in [0, 0.05) is 20.1 Å². The minimum absolute atomic E-state index is 0.00381. The van der Waals surface area contributed by atoms with Crippen molar-refractivity contribution in [3.05, 3.63) is 65.2 Å². The highest BCUT2D eigenvalue weighted by Crippen LogP contribution is 2.30. The van der Waals surface area contributed by atoms with Crippen LogP contribution in [0, 0.1) is 0 Å². The normalized spacial score (nSPS) is 15.9. The van der Waals surface area contributed by atoms with E-state index in [-0.39, 0.29) is 25.6 Å². The number of oxime groups is 1. The molecule has 0 saturated heterocycles. The lowest BCUT2D eigenvalue weighted by Crippen LogP contribution is -2.39. The van der Waals surface area contributed by atoms with Gasteiger partial charge in [0.15, 0.2) is 6.10 Å². The van der Waals surface area contributed by atoms with Crippen molar-refractivity contribution in [1.82, 2.24) is 4.90 Å². The van der Waals surface area contributed by atoms with E-state index in [2.05, 4.69) is 5.16 Å². The van der Waals surface area contributed by atoms with Gasteiger partial charge in [0.2, 0.25) is 5.91 Å². The van der Waals surface area contributed by atoms with Crippen molar-refractivity contribution >= 4 is 11.6 Å². The van der Waals surface area contributed by atoms with Crippen LogP contribution in [0.1, 0.15) is 23.1 Å². The molecule has 1 aliphatic rings. The van der Waals surface area contributed by atoms with E-state index in [1.165, 1.54) is 18.1 Å². The third kappa shape index (κ3) is 5.97. The average molecular weight is 436 g/mol. The van der Waals surface area contributed by atoms with Gasteiger partial charge in [-0.2, -0.15) is 13.2 Å². The molecule has 2 aromatic rings. The second kappa shape index (κ2) is 9.82. The lowest BCUT2D eigenvalue weighted by molar-refractivity contribution is -0.137. The van der Waals surface area contributed by atoms with Crippen LogP contribution in [0.3, 0.4) is 0 Å². The van der Waals surface area contributed by atoms with E-state index in [1.807, 2.05) is 24.3 Å². The number of hydrogen-bond donors (Lipinski definition) is 0. The van der Waals surface area contributed by atoms with Gasteiger partial charge in [-0.05, 0) is 47.5 Å². The fraction of sp³-hybridized carbons (Fsp3) is 0.364. The summed E-state index contributed by atoms with van der Waals surface area (Å²) in [4.78, 5) is 19.4. The molecule has 0 saturated carbocycles. The Kier molecular flexibility index (Phi) is 7.17. The summed E-state index contributed by atoms with van der Waals surface area (Å²) in [6.07, 6.45) is -4.40. The standard InChI is InChI=1S/C22H23F3N2O4/c1-29-14-21(28)27(12-15-4-3-5-17(10-15)22(23,24)25)13-19-11-20(26-31-19)16-6-8-18(30-2)9-7-16/h3-10,19H,11-14H2,1-2H3/t19-/m1/s1. The van der Waals surface area contributed by atoms with E-state index in [4.69, 9.17) is 14.3 Å². The molecular formula is C22H23F3N2O4. The predicted octanol–water partition coefficient (Wildman–Crippen LogP) is 3.88. The van der Waals surface area contributed by atoms with Gasteiger partial charge in [-0.15, -0.1) is 0 Å². The van der Waals surface area contributed by atoms with Crippen LogP contribution in [0.15, 0.2) is 53.7 Å². The molecule has 0 N–H and O–H groups in total. The molecule has 1 heterocycles. The monoisotopic (exact) mass is 436 g/mol. The number of hydrogen-bond acceptors (Lipinski definition) is 5. The number of ether oxygens (including phenoxy) is 2. The van der Waals surface area contributed by atoms with Crippen LogP contribution in [0.25, 0.3) is 0 Å². The number of carbonyl (C=O) groups is 1. The fourth-order valence-electron chi connectivity index (χ4n) is 3.26. The average Bonchev–Trinajstić information content (AvgIpc) is 3.22. The zero-order valence-electron chi connectivity index (χ0n) is 17.2. The minimum Gasteiger partial charge on any atom is -0.497 e. The topological polar surface area (TPSA) is 60.4 Å². The van der Waals surface area contributed by atoms with E-state index in [1.54, 1.807) is 13.2 Å². The van der Waals surface area contributed by atoms with E-state index in [0.29, 0.717) is 12.0 Å². The third-order valence-corrected chi connectivity index (χ3v) is 4.83. The van der Waals surface area contributed by atoms with Crippen LogP contribution in [-0.4, -0.2) is 50.0 Å². The van der Waals surface area contributed by atoms with Crippen LogP contribution in [0.2, 0.25) is 0 Å². The Bertz CT molecular complexity index is 929. The van der Waals surface area contributed by atoms with Crippen molar-refractivity contribution in [1.29, 1.82) is 0 Å². The maximum Gasteiger partial charge on any atom is 0.416 e. The molecule has 9 heteroatoms. The number of amides is 1. The zero-order chi connectivity index (χ0) is 22.4. The first-order valence-corrected chi connectivity index (χ1v) is 9.60. The van der Waals surface area contributed by atoms with E-state index in [0.717, 1.165) is 29.2 Å². The van der Waals surface area contributed by atoms with Crippen LogP contribution >= 0.6 is 0 Å². The molecule has 3 rings (SSSR count). The molecule has 1 aliphatic heterocycles. The highest BCUT2D eigenvalue weighted by atomic mass is 19.4. The SMILES string of the molecule is COCC(=O)N(Cc1cccc(C(F)(F)F)c1)C[C@H]1CC(c2ccc(OC)cc2)=NO1. The highest BCUT2D eigenvalue weighted by Gasteiger charge is 2.31. The molecule has 0 spiro atoms. The Hall–Kier alpha value is -3.07. The molecule has 2 aromatic carbocycles. The molecule has 166 valence electrons. The summed E-state index contributed by atoms with van der Waals surface area (Å²) in [5.74, 6) is 0.374. The molecule has 0 aliphatic carbocycles. The Balaban J connectivity index is 1.68. The summed E-state index contributed by atoms with van der Waals surface area (Å²) in [6, 6.07) is 12.3. The third-order valence-electron chi connectivity index (χ3n) is 4.83. The molecule has 0 aromatic heterocycles. The molecule has 1 atom stereocenters. The number of rotatable bonds is 8. The van der Waals surface area contributed by atoms with Crippen molar-refractivity contribution in [3.63, 3.8) is 0 Å². The summed E-state index contributed by atoms with van der Waals surface area (Å²) in [5.41, 5.74) is 1.21. The Morgan fingerprint density at radius 3 is 2.58 bits per heavy atom. The van der Waals surface area contributed by atoms with Crippen molar-refractivity contribution in [2.24, 2.45) is 5.16 Å². The Morgan fingerprint density at radius 1 is 1.19 bits per heavy atom. The molecule has 1 amide bonds. The molecule has 0 unspecified atom stereocenters. The molecule has 0 bridgehead atoms. The number of methoxy groups -OCH3 is 2. The molecule has 6 nitrogen and oxygen atoms in total. The van der Waals surface area contributed by atoms with Gasteiger partial charge < -0.3 is 19.2 Å². The maximum absolute atomic E-state index is 13.0. The largest absolute Gasteiger partial charge is 0.497 e. The molecule has 31 heavy (non-hydrogen) atoms. The smallest absolute Gasteiger partial charge is 0.416 e. The number of alkyl halides is 3. The van der Waals surface area contributed by atoms with E-state index < -0.39 is 17.8 Å². The zero-order valence-corrected chi connectivity index (χ0v) is 17.2. The summed E-state index contributed by atoms with van der Waals surface area (Å²) >= 11 is 0. The quantitative estimate of drug-likeness (QED) is 0.630. The second-order valence-electron chi connectivity index (χ2n) is 7.10. The van der Waals surface area contributed by atoms with Gasteiger partial charge in [-0.25, -0.2) is 0 Å². The van der Waals surface area contributed by atoms with Gasteiger partial charge in [-0.3, -0.25) is 4.79 Å². The highest BCUT2D eigenvalue weighted by molar-refractivity contribution is 6.01. The summed E-state index contributed by atoms with van der Waals surface area (Å²) in [5, 5.41) is 4.11. The van der Waals surface area contributed by atoms with Crippen molar-refractivity contribution in [2.75, 3.05) is 27.4 Å². The number of benzene rings is 2. The summed E-state index contributed by atoms with van der Waals surface area (Å²) in [7, 11) is 2.97. The molecule has 0 fully saturated rings. The number of carbonyl (C=O) groups excluding carboxylic acids is 1. The lowest BCUT2D eigenvalue weighted by Gasteiger charge is -2.25. The van der Waals surface area contributed by atoms with E-state index in [9.17, 15) is 18.0 Å². The van der Waals surface area contributed by atoms with Crippen LogP contribution in [-0.2, 0) is 27.1 Å². The number of nitrogens with zero attached hydrogens (tertiary/aromatic N) is 2. The van der Waals surface area contributed by atoms with Crippen LogP contribution in [0.5, 0.6) is 5.75 Å². The van der Waals surface area contributed by atoms with Gasteiger partial charge >= 0.3 is 6.18 Å². The first-order chi connectivity index (χ1) is 14.8. The van der Waals surface area contributed by atoms with Crippen LogP contribution < -0.4 is 4.74 Å². The fourth-order valence-corrected chi connectivity index (χ4v) is 3.26. The number of halogens is 3. The first-order valence-electron chi connectivity index (χ1n) is 9.60. The van der Waals surface area contributed by atoms with Gasteiger partial charge in [0.05, 0.1) is 24.9 Å². The van der Waals surface area contributed by atoms with Crippen molar-refractivity contribution in [3.8, 4) is 5.75 Å². The van der Waals surface area contributed by atoms with Gasteiger partial charge in [0.1, 0.15) is 12.4 Å². The van der Waals surface area contributed by atoms with Crippen molar-refractivity contribution in [2.45, 2.75) is 25.2 Å². The van der Waals surface area contributed by atoms with Gasteiger partial charge in [0.25, 0.3) is 0 Å². The Morgan fingerprint density at radius 2 is 1.94 bits per heavy atom. The molecular weight excluding hydrogens is 413 g/mol. The minimum atomic E-state index is -4.45. The molecule has 0 radical (unpaired) electrons. The predicted molar refractivity (Wildman–Crippen MR) is 108 cm³/mol. The summed E-state index contributed by atoms with van der Waals surface area (Å²) in [6.45, 7) is -0.0106. The maximum atomic E-state index is 13.0. The second-order valence-corrected chi connectivity index (χ2v) is 7.10. The van der Waals surface area contributed by atoms with Crippen molar-refractivity contribution < 1.29 is 32.3 Å². The lowest BCUT2D eigenvalue weighted by atomic mass is 10.0. The van der Waals surface area contributed by atoms with E-state index >= 15 is 0 Å².